The van der Waals surface area contributed by atoms with Gasteiger partial charge in [0.2, 0.25) is 5.91 Å². The number of methoxy groups -OCH3 is 1. The maximum Gasteiger partial charge on any atom is 0.410 e. The number of hydrogen-bond acceptors (Lipinski definition) is 8. The topological polar surface area (TPSA) is 137 Å². The van der Waals surface area contributed by atoms with Gasteiger partial charge in [0.1, 0.15) is 12.1 Å². The number of hydrogen-bond donors (Lipinski definition) is 3. The van der Waals surface area contributed by atoms with Crippen LogP contribution in [0.4, 0.5) is 4.79 Å². The summed E-state index contributed by atoms with van der Waals surface area (Å²) in [5.74, 6) is -2.22. The Morgan fingerprint density at radius 3 is 2.67 bits per heavy atom. The molecule has 3 unspecified atom stereocenters. The van der Waals surface area contributed by atoms with E-state index in [1.165, 1.54) is 17.6 Å². The number of nitrogens with zero attached hydrogens (tertiary/aromatic N) is 2. The van der Waals surface area contributed by atoms with E-state index in [9.17, 15) is 24.3 Å². The Labute approximate surface area is 210 Å². The van der Waals surface area contributed by atoms with Gasteiger partial charge in [0.15, 0.2) is 6.10 Å². The summed E-state index contributed by atoms with van der Waals surface area (Å²) >= 11 is 0. The second-order valence-corrected chi connectivity index (χ2v) is 9.51. The normalized spacial score (nSPS) is 24.4. The molecule has 0 radical (unpaired) electrons. The van der Waals surface area contributed by atoms with Crippen LogP contribution in [0.5, 0.6) is 0 Å². The van der Waals surface area contributed by atoms with Gasteiger partial charge in [-0.15, -0.1) is 0 Å². The molecule has 3 N–H and O–H groups in total. The molecule has 3 amide bonds. The van der Waals surface area contributed by atoms with Crippen LogP contribution in [0.2, 0.25) is 0 Å². The number of fused-ring (bicyclic) bond motifs is 1. The Balaban J connectivity index is 1.33. The molecule has 196 valence electrons. The molecule has 1 aromatic rings. The van der Waals surface area contributed by atoms with Crippen LogP contribution in [0.25, 0.3) is 0 Å². The minimum Gasteiger partial charge on any atom is -0.467 e. The summed E-state index contributed by atoms with van der Waals surface area (Å²) in [4.78, 5) is 53.2. The lowest BCUT2D eigenvalue weighted by Gasteiger charge is -2.30. The molecule has 0 spiro atoms. The van der Waals surface area contributed by atoms with E-state index in [1.54, 1.807) is 4.90 Å². The Hall–Kier alpha value is -3.18. The molecule has 11 nitrogen and oxygen atoms in total. The molecule has 2 fully saturated rings. The third-order valence-corrected chi connectivity index (χ3v) is 7.07. The van der Waals surface area contributed by atoms with Crippen molar-refractivity contribution in [2.45, 2.75) is 57.0 Å². The fourth-order valence-corrected chi connectivity index (χ4v) is 4.87. The zero-order chi connectivity index (χ0) is 25.8. The van der Waals surface area contributed by atoms with Crippen LogP contribution in [0.3, 0.4) is 0 Å². The van der Waals surface area contributed by atoms with Crippen LogP contribution >= 0.6 is 0 Å². The summed E-state index contributed by atoms with van der Waals surface area (Å²) in [6.07, 6.45) is -0.892. The van der Waals surface area contributed by atoms with E-state index in [4.69, 9.17) is 4.74 Å². The van der Waals surface area contributed by atoms with Gasteiger partial charge in [-0.05, 0) is 24.0 Å². The number of aliphatic hydroxyl groups is 1. The van der Waals surface area contributed by atoms with Gasteiger partial charge >= 0.3 is 12.1 Å². The van der Waals surface area contributed by atoms with Crippen molar-refractivity contribution in [1.82, 2.24) is 20.4 Å². The van der Waals surface area contributed by atoms with E-state index in [0.29, 0.717) is 39.0 Å². The first-order valence-electron chi connectivity index (χ1n) is 12.4. The fourth-order valence-electron chi connectivity index (χ4n) is 4.87. The highest BCUT2D eigenvalue weighted by atomic mass is 16.6. The number of rotatable bonds is 8. The minimum absolute atomic E-state index is 0.181. The number of nitrogens with one attached hydrogen (secondary N) is 2. The van der Waals surface area contributed by atoms with E-state index in [2.05, 4.69) is 21.4 Å². The standard InChI is InChI=1S/C25H34N4O7/c1-3-6-18(21(30)23(32)29-14-19(29)24(33)35-2)27-22(31)17-11-26-12-20(17)36-25(34)28-10-9-15-7-4-5-8-16(15)13-28/h4-5,7-8,17-21,26,30H,3,6,9-14H2,1-2H3,(H,27,31)/t17?,18-,19?,20+,21?,29?/m1/s1. The molecule has 3 aliphatic heterocycles. The highest BCUT2D eigenvalue weighted by Gasteiger charge is 2.48. The number of esters is 1. The molecule has 3 aliphatic rings. The lowest BCUT2D eigenvalue weighted by molar-refractivity contribution is -0.146. The van der Waals surface area contributed by atoms with Crippen LogP contribution in [0.1, 0.15) is 30.9 Å². The van der Waals surface area contributed by atoms with Gasteiger partial charge in [-0.3, -0.25) is 9.59 Å². The highest BCUT2D eigenvalue weighted by molar-refractivity contribution is 5.92. The van der Waals surface area contributed by atoms with Crippen LogP contribution in [0.15, 0.2) is 24.3 Å². The number of aliphatic hydroxyl groups excluding tert-OH is 1. The Morgan fingerprint density at radius 1 is 1.19 bits per heavy atom. The zero-order valence-electron chi connectivity index (χ0n) is 20.6. The molecule has 11 heteroatoms. The monoisotopic (exact) mass is 502 g/mol. The second-order valence-electron chi connectivity index (χ2n) is 9.51. The quantitative estimate of drug-likeness (QED) is 0.328. The third-order valence-electron chi connectivity index (χ3n) is 7.07. The number of ether oxygens (including phenoxy) is 2. The molecule has 0 aliphatic carbocycles. The van der Waals surface area contributed by atoms with Crippen molar-refractivity contribution in [3.05, 3.63) is 35.4 Å². The molecular formula is C25H34N4O7. The molecular weight excluding hydrogens is 468 g/mol. The molecule has 36 heavy (non-hydrogen) atoms. The van der Waals surface area contributed by atoms with E-state index in [-0.39, 0.29) is 6.54 Å². The van der Waals surface area contributed by atoms with E-state index >= 15 is 0 Å². The Morgan fingerprint density at radius 2 is 1.94 bits per heavy atom. The molecule has 5 atom stereocenters. The van der Waals surface area contributed by atoms with E-state index in [0.717, 1.165) is 12.0 Å². The lowest BCUT2D eigenvalue weighted by atomic mass is 10.00. The fraction of sp³-hybridized carbons (Fsp3) is 0.600. The summed E-state index contributed by atoms with van der Waals surface area (Å²) in [7, 11) is 1.24. The predicted molar refractivity (Wildman–Crippen MR) is 128 cm³/mol. The van der Waals surface area contributed by atoms with Crippen molar-refractivity contribution in [2.24, 2.45) is 5.92 Å². The number of carbonyl (C=O) groups excluding carboxylic acids is 4. The molecule has 3 heterocycles. The first kappa shape index (κ1) is 25.9. The Bertz CT molecular complexity index is 1000. The van der Waals surface area contributed by atoms with Gasteiger partial charge in [0, 0.05) is 26.2 Å². The van der Waals surface area contributed by atoms with Gasteiger partial charge in [-0.25, -0.2) is 9.59 Å². The molecule has 4 rings (SSSR count). The summed E-state index contributed by atoms with van der Waals surface area (Å²) in [5.41, 5.74) is 2.30. The molecule has 0 aromatic heterocycles. The third kappa shape index (κ3) is 5.62. The lowest BCUT2D eigenvalue weighted by Crippen LogP contribution is -2.52. The number of benzene rings is 1. The van der Waals surface area contributed by atoms with Gasteiger partial charge in [0.25, 0.3) is 5.91 Å². The van der Waals surface area contributed by atoms with Crippen molar-refractivity contribution in [1.29, 1.82) is 0 Å². The minimum atomic E-state index is -1.49. The van der Waals surface area contributed by atoms with Crippen molar-refractivity contribution in [2.75, 3.05) is 33.3 Å². The van der Waals surface area contributed by atoms with Crippen LogP contribution in [-0.4, -0.2) is 96.4 Å². The average Bonchev–Trinajstić information content (AvgIpc) is 3.57. The predicted octanol–water partition coefficient (Wildman–Crippen LogP) is -0.201. The smallest absolute Gasteiger partial charge is 0.410 e. The average molecular weight is 503 g/mol. The summed E-state index contributed by atoms with van der Waals surface area (Å²) in [6.45, 7) is 3.71. The molecule has 2 saturated heterocycles. The van der Waals surface area contributed by atoms with Crippen molar-refractivity contribution < 1.29 is 33.8 Å². The molecule has 0 saturated carbocycles. The first-order valence-corrected chi connectivity index (χ1v) is 12.4. The number of amides is 3. The van der Waals surface area contributed by atoms with Gasteiger partial charge in [0.05, 0.1) is 25.6 Å². The summed E-state index contributed by atoms with van der Waals surface area (Å²) in [5, 5.41) is 16.6. The zero-order valence-corrected chi connectivity index (χ0v) is 20.6. The molecule has 1 aromatic carbocycles. The van der Waals surface area contributed by atoms with Gasteiger partial charge in [-0.2, -0.15) is 0 Å². The van der Waals surface area contributed by atoms with Crippen molar-refractivity contribution in [3.63, 3.8) is 0 Å². The van der Waals surface area contributed by atoms with E-state index < -0.39 is 54.1 Å². The van der Waals surface area contributed by atoms with Crippen molar-refractivity contribution in [3.8, 4) is 0 Å². The second kappa shape index (κ2) is 11.3. The highest BCUT2D eigenvalue weighted by Crippen LogP contribution is 2.23. The van der Waals surface area contributed by atoms with Crippen LogP contribution < -0.4 is 10.6 Å². The summed E-state index contributed by atoms with van der Waals surface area (Å²) in [6, 6.07) is 6.45. The van der Waals surface area contributed by atoms with Gasteiger partial charge in [-0.1, -0.05) is 37.6 Å². The van der Waals surface area contributed by atoms with Crippen LogP contribution in [0, 0.1) is 5.92 Å². The first-order chi connectivity index (χ1) is 17.3. The van der Waals surface area contributed by atoms with Crippen LogP contribution in [-0.2, 0) is 36.8 Å². The number of carbonyl (C=O) groups is 4. The maximum absolute atomic E-state index is 13.1. The van der Waals surface area contributed by atoms with Crippen molar-refractivity contribution >= 4 is 23.9 Å². The molecule has 0 bridgehead atoms. The largest absolute Gasteiger partial charge is 0.467 e. The SMILES string of the molecule is CCC[C@@H](NC(=O)C1CNC[C@@H]1OC(=O)N1CCc2ccccc2C1)C(O)C(=O)N1CC1C(=O)OC. The van der Waals surface area contributed by atoms with Gasteiger partial charge < -0.3 is 35.0 Å². The summed E-state index contributed by atoms with van der Waals surface area (Å²) < 4.78 is 10.4. The Kier molecular flexibility index (Phi) is 8.10. The van der Waals surface area contributed by atoms with E-state index in [1.807, 2.05) is 25.1 Å². The maximum atomic E-state index is 13.1.